The van der Waals surface area contributed by atoms with Gasteiger partial charge in [0.25, 0.3) is 0 Å². The summed E-state index contributed by atoms with van der Waals surface area (Å²) in [6, 6.07) is 23.4. The van der Waals surface area contributed by atoms with Gasteiger partial charge in [0.2, 0.25) is 0 Å². The standard InChI is InChI=1S/C39H48/c1-36(2,3)26-17-18-28(21-26)39(10,11)35-32-22-27(37(4,5)6)19-20-30(32)34-31(25-15-13-12-14-16-25)23-29(24-33(34)35)38(7,8)9/h12-16,18-24,35H,17H2,1-11H3. The van der Waals surface area contributed by atoms with E-state index in [0.717, 1.165) is 6.42 Å². The zero-order chi connectivity index (χ0) is 28.5. The Labute approximate surface area is 238 Å². The Morgan fingerprint density at radius 3 is 1.77 bits per heavy atom. The number of hydrogen-bond acceptors (Lipinski definition) is 0. The van der Waals surface area contributed by atoms with Crippen LogP contribution in [0.5, 0.6) is 0 Å². The van der Waals surface area contributed by atoms with Gasteiger partial charge in [-0.15, -0.1) is 0 Å². The van der Waals surface area contributed by atoms with E-state index < -0.39 is 0 Å². The van der Waals surface area contributed by atoms with E-state index in [0.29, 0.717) is 0 Å². The molecule has 2 aliphatic carbocycles. The second kappa shape index (κ2) is 9.09. The van der Waals surface area contributed by atoms with Crippen molar-refractivity contribution in [3.05, 3.63) is 106 Å². The highest BCUT2D eigenvalue weighted by atomic mass is 14.5. The van der Waals surface area contributed by atoms with Gasteiger partial charge in [0.1, 0.15) is 0 Å². The molecule has 0 nitrogen and oxygen atoms in total. The van der Waals surface area contributed by atoms with Crippen LogP contribution >= 0.6 is 0 Å². The van der Waals surface area contributed by atoms with Gasteiger partial charge in [0.05, 0.1) is 0 Å². The van der Waals surface area contributed by atoms with Gasteiger partial charge < -0.3 is 0 Å². The molecule has 0 saturated heterocycles. The third-order valence-corrected chi connectivity index (χ3v) is 9.23. The highest BCUT2D eigenvalue weighted by molar-refractivity contribution is 5.92. The van der Waals surface area contributed by atoms with Crippen molar-refractivity contribution in [2.75, 3.05) is 0 Å². The van der Waals surface area contributed by atoms with E-state index >= 15 is 0 Å². The lowest BCUT2D eigenvalue weighted by molar-refractivity contribution is 0.401. The fourth-order valence-corrected chi connectivity index (χ4v) is 6.58. The molecule has 0 heteroatoms. The molecule has 0 saturated carbocycles. The van der Waals surface area contributed by atoms with Crippen molar-refractivity contribution in [3.63, 3.8) is 0 Å². The molecule has 0 bridgehead atoms. The first-order valence-corrected chi connectivity index (χ1v) is 14.8. The van der Waals surface area contributed by atoms with E-state index in [4.69, 9.17) is 0 Å². The molecule has 3 aromatic carbocycles. The Bertz CT molecular complexity index is 1470. The highest BCUT2D eigenvalue weighted by Crippen LogP contribution is 2.59. The summed E-state index contributed by atoms with van der Waals surface area (Å²) in [5.41, 5.74) is 14.7. The normalized spacial score (nSPS) is 17.6. The molecule has 1 atom stereocenters. The summed E-state index contributed by atoms with van der Waals surface area (Å²) in [4.78, 5) is 0. The lowest BCUT2D eigenvalue weighted by Crippen LogP contribution is -2.24. The van der Waals surface area contributed by atoms with Gasteiger partial charge in [-0.2, -0.15) is 0 Å². The molecule has 5 rings (SSSR count). The molecule has 0 spiro atoms. The van der Waals surface area contributed by atoms with Crippen molar-refractivity contribution in [1.29, 1.82) is 0 Å². The molecule has 1 unspecified atom stereocenters. The van der Waals surface area contributed by atoms with E-state index in [1.165, 1.54) is 50.1 Å². The Balaban J connectivity index is 1.83. The Hall–Kier alpha value is -2.86. The largest absolute Gasteiger partial charge is 0.0766 e. The fourth-order valence-electron chi connectivity index (χ4n) is 6.58. The molecular formula is C39H48. The lowest BCUT2D eigenvalue weighted by atomic mass is 9.67. The number of hydrogen-bond donors (Lipinski definition) is 0. The molecule has 2 aliphatic rings. The predicted molar refractivity (Wildman–Crippen MR) is 171 cm³/mol. The van der Waals surface area contributed by atoms with Crippen molar-refractivity contribution in [3.8, 4) is 22.3 Å². The molecule has 0 N–H and O–H groups in total. The van der Waals surface area contributed by atoms with Crippen LogP contribution < -0.4 is 0 Å². The predicted octanol–water partition coefficient (Wildman–Crippen LogP) is 11.4. The Morgan fingerprint density at radius 2 is 1.21 bits per heavy atom. The molecule has 0 fully saturated rings. The lowest BCUT2D eigenvalue weighted by Gasteiger charge is -2.36. The molecular weight excluding hydrogens is 468 g/mol. The summed E-state index contributed by atoms with van der Waals surface area (Å²) in [7, 11) is 0. The number of fused-ring (bicyclic) bond motifs is 3. The molecule has 204 valence electrons. The third kappa shape index (κ3) is 4.86. The summed E-state index contributed by atoms with van der Waals surface area (Å²) in [6.45, 7) is 26.1. The maximum absolute atomic E-state index is 2.55. The van der Waals surface area contributed by atoms with Crippen LogP contribution in [0.15, 0.2) is 84.0 Å². The number of allylic oxidation sites excluding steroid dienone is 4. The van der Waals surface area contributed by atoms with E-state index in [-0.39, 0.29) is 27.6 Å². The molecule has 0 aliphatic heterocycles. The average molecular weight is 517 g/mol. The smallest absolute Gasteiger partial charge is 0.0194 e. The van der Waals surface area contributed by atoms with Crippen molar-refractivity contribution < 1.29 is 0 Å². The molecule has 0 heterocycles. The minimum Gasteiger partial charge on any atom is -0.0766 e. The summed E-state index contributed by atoms with van der Waals surface area (Å²) < 4.78 is 0. The molecule has 3 aromatic rings. The van der Waals surface area contributed by atoms with E-state index in [9.17, 15) is 0 Å². The zero-order valence-electron chi connectivity index (χ0n) is 26.2. The maximum Gasteiger partial charge on any atom is 0.0194 e. The maximum atomic E-state index is 2.55. The molecule has 0 amide bonds. The summed E-state index contributed by atoms with van der Waals surface area (Å²) in [5.74, 6) is 0.288. The minimum absolute atomic E-state index is 0.0476. The van der Waals surface area contributed by atoms with Crippen LogP contribution in [0.25, 0.3) is 22.3 Å². The Kier molecular flexibility index (Phi) is 6.45. The van der Waals surface area contributed by atoms with Gasteiger partial charge in [0, 0.05) is 11.3 Å². The number of rotatable bonds is 3. The van der Waals surface area contributed by atoms with Crippen molar-refractivity contribution in [2.45, 2.75) is 99.3 Å². The summed E-state index contributed by atoms with van der Waals surface area (Å²) in [6.07, 6.45) is 6.10. The van der Waals surface area contributed by atoms with Crippen LogP contribution in [0.4, 0.5) is 0 Å². The van der Waals surface area contributed by atoms with Gasteiger partial charge in [-0.05, 0) is 78.8 Å². The van der Waals surface area contributed by atoms with Crippen molar-refractivity contribution in [2.24, 2.45) is 10.8 Å². The quantitative estimate of drug-likeness (QED) is 0.325. The summed E-state index contributed by atoms with van der Waals surface area (Å²) >= 11 is 0. The van der Waals surface area contributed by atoms with Crippen LogP contribution in [0.1, 0.15) is 111 Å². The van der Waals surface area contributed by atoms with E-state index in [1.54, 1.807) is 5.57 Å². The average Bonchev–Trinajstić information content (AvgIpc) is 3.47. The second-order valence-corrected chi connectivity index (χ2v) is 15.6. The Morgan fingerprint density at radius 1 is 0.590 bits per heavy atom. The molecule has 0 aromatic heterocycles. The SMILES string of the molecule is CC(C)(C)C1=CC(C(C)(C)C2c3cc(C(C)(C)C)ccc3-c3c(-c4ccccc4)cc(C(C)(C)C)cc32)=CC1. The van der Waals surface area contributed by atoms with Gasteiger partial charge in [-0.25, -0.2) is 0 Å². The van der Waals surface area contributed by atoms with E-state index in [1.807, 2.05) is 0 Å². The molecule has 0 radical (unpaired) electrons. The van der Waals surface area contributed by atoms with Crippen LogP contribution in [0, 0.1) is 10.8 Å². The highest BCUT2D eigenvalue weighted by Gasteiger charge is 2.44. The number of benzene rings is 3. The minimum atomic E-state index is -0.0476. The van der Waals surface area contributed by atoms with Crippen LogP contribution in [0.2, 0.25) is 0 Å². The van der Waals surface area contributed by atoms with Gasteiger partial charge in [-0.1, -0.05) is 148 Å². The molecule has 39 heavy (non-hydrogen) atoms. The van der Waals surface area contributed by atoms with Crippen LogP contribution in [0.3, 0.4) is 0 Å². The zero-order valence-corrected chi connectivity index (χ0v) is 26.2. The van der Waals surface area contributed by atoms with Crippen molar-refractivity contribution >= 4 is 0 Å². The fraction of sp³-hybridized carbons (Fsp3) is 0.436. The first kappa shape index (κ1) is 27.7. The van der Waals surface area contributed by atoms with Crippen LogP contribution in [-0.2, 0) is 10.8 Å². The van der Waals surface area contributed by atoms with Gasteiger partial charge in [0.15, 0.2) is 0 Å². The summed E-state index contributed by atoms with van der Waals surface area (Å²) in [5, 5.41) is 0. The van der Waals surface area contributed by atoms with Gasteiger partial charge >= 0.3 is 0 Å². The first-order chi connectivity index (χ1) is 18.0. The first-order valence-electron chi connectivity index (χ1n) is 14.8. The van der Waals surface area contributed by atoms with E-state index in [2.05, 4.69) is 149 Å². The monoisotopic (exact) mass is 516 g/mol. The van der Waals surface area contributed by atoms with Crippen molar-refractivity contribution in [1.82, 2.24) is 0 Å². The second-order valence-electron chi connectivity index (χ2n) is 15.6. The topological polar surface area (TPSA) is 0 Å². The third-order valence-electron chi connectivity index (χ3n) is 9.23. The van der Waals surface area contributed by atoms with Crippen LogP contribution in [-0.4, -0.2) is 0 Å². The van der Waals surface area contributed by atoms with Gasteiger partial charge in [-0.3, -0.25) is 0 Å².